The fourth-order valence-electron chi connectivity index (χ4n) is 2.97. The summed E-state index contributed by atoms with van der Waals surface area (Å²) in [5.74, 6) is 0. The molecule has 0 saturated heterocycles. The van der Waals surface area contributed by atoms with Crippen molar-refractivity contribution >= 4 is 13.3 Å². The van der Waals surface area contributed by atoms with Crippen LogP contribution in [0.1, 0.15) is 29.8 Å². The molecule has 0 saturated carbocycles. The van der Waals surface area contributed by atoms with Crippen molar-refractivity contribution in [3.8, 4) is 0 Å². The number of hydrogen-bond donors (Lipinski definition) is 0. The van der Waals surface area contributed by atoms with E-state index in [0.29, 0.717) is 0 Å². The van der Waals surface area contributed by atoms with Crippen molar-refractivity contribution in [2.45, 2.75) is 51.9 Å². The van der Waals surface area contributed by atoms with E-state index in [1.165, 1.54) is 41.4 Å². The van der Waals surface area contributed by atoms with Crippen LogP contribution in [-0.4, -0.2) is 17.6 Å². The fraction of sp³-hybridized carbons (Fsp3) is 0.471. The highest BCUT2D eigenvalue weighted by Gasteiger charge is 2.17. The average Bonchev–Trinajstić information content (AvgIpc) is 2.82. The molecule has 3 heteroatoms. The van der Waals surface area contributed by atoms with Gasteiger partial charge in [0.15, 0.2) is 0 Å². The molecule has 1 aromatic heterocycles. The predicted octanol–water partition coefficient (Wildman–Crippen LogP) is 3.36. The number of imidazole rings is 1. The van der Waals surface area contributed by atoms with E-state index in [4.69, 9.17) is 0 Å². The first-order valence-corrected chi connectivity index (χ1v) is 11.2. The summed E-state index contributed by atoms with van der Waals surface area (Å²) < 4.78 is 2.35. The molecule has 2 aromatic rings. The van der Waals surface area contributed by atoms with Crippen molar-refractivity contribution in [2.75, 3.05) is 0 Å². The molecule has 1 aliphatic rings. The summed E-state index contributed by atoms with van der Waals surface area (Å²) in [6.07, 6.45) is 7.00. The van der Waals surface area contributed by atoms with Crippen LogP contribution in [0.2, 0.25) is 19.6 Å². The molecule has 0 bridgehead atoms. The van der Waals surface area contributed by atoms with Crippen molar-refractivity contribution in [2.24, 2.45) is 0 Å². The Bertz CT molecular complexity index is 590. The normalized spacial score (nSPS) is 15.2. The van der Waals surface area contributed by atoms with E-state index < -0.39 is 8.07 Å². The van der Waals surface area contributed by atoms with E-state index in [0.717, 1.165) is 13.0 Å². The van der Waals surface area contributed by atoms with Gasteiger partial charge in [-0.2, -0.15) is 0 Å². The number of nitrogens with zero attached hydrogens (tertiary/aromatic N) is 2. The Kier molecular flexibility index (Phi) is 3.55. The first-order chi connectivity index (χ1) is 9.54. The Morgan fingerprint density at radius 3 is 2.45 bits per heavy atom. The molecule has 2 nitrogen and oxygen atoms in total. The van der Waals surface area contributed by atoms with Gasteiger partial charge in [-0.15, -0.1) is 0 Å². The summed E-state index contributed by atoms with van der Waals surface area (Å²) in [6.45, 7) is 8.16. The van der Waals surface area contributed by atoms with Gasteiger partial charge in [-0.1, -0.05) is 49.1 Å². The number of benzene rings is 1. The zero-order chi connectivity index (χ0) is 14.2. The minimum Gasteiger partial charge on any atom is -0.330 e. The second-order valence-electron chi connectivity index (χ2n) is 6.92. The quantitative estimate of drug-likeness (QED) is 0.790. The largest absolute Gasteiger partial charge is 0.330 e. The van der Waals surface area contributed by atoms with Gasteiger partial charge in [0, 0.05) is 12.2 Å². The predicted molar refractivity (Wildman–Crippen MR) is 87.4 cm³/mol. The molecule has 1 aliphatic carbocycles. The third kappa shape index (κ3) is 2.73. The van der Waals surface area contributed by atoms with Crippen LogP contribution in [0.5, 0.6) is 0 Å². The van der Waals surface area contributed by atoms with Crippen molar-refractivity contribution in [3.63, 3.8) is 0 Å². The van der Waals surface area contributed by atoms with Crippen LogP contribution in [0, 0.1) is 0 Å². The molecule has 0 spiro atoms. The van der Waals surface area contributed by atoms with Crippen molar-refractivity contribution in [3.05, 3.63) is 47.5 Å². The van der Waals surface area contributed by atoms with Crippen LogP contribution in [-0.2, 0) is 19.4 Å². The number of aryl methyl sites for hydroxylation is 1. The number of rotatable bonds is 3. The molecule has 1 heterocycles. The number of aromatic nitrogens is 2. The van der Waals surface area contributed by atoms with Gasteiger partial charge in [-0.3, -0.25) is 0 Å². The molecule has 0 unspecified atom stereocenters. The zero-order valence-electron chi connectivity index (χ0n) is 12.8. The Labute approximate surface area is 122 Å². The standard InChI is InChI=1S/C17H24N2Si/c1-20(2,3)15-10-8-14(9-11-15)12-19-13-18-16-6-4-5-7-17(16)19/h8-11,13H,4-7,12H2,1-3H3. The average molecular weight is 284 g/mol. The summed E-state index contributed by atoms with van der Waals surface area (Å²) in [6, 6.07) is 9.24. The molecule has 1 aromatic carbocycles. The third-order valence-corrected chi connectivity index (χ3v) is 6.35. The van der Waals surface area contributed by atoms with Crippen LogP contribution >= 0.6 is 0 Å². The van der Waals surface area contributed by atoms with Gasteiger partial charge < -0.3 is 4.57 Å². The smallest absolute Gasteiger partial charge is 0.0954 e. The van der Waals surface area contributed by atoms with Crippen molar-refractivity contribution in [1.82, 2.24) is 9.55 Å². The molecule has 20 heavy (non-hydrogen) atoms. The lowest BCUT2D eigenvalue weighted by Gasteiger charge is -2.17. The van der Waals surface area contributed by atoms with Crippen LogP contribution in [0.4, 0.5) is 0 Å². The van der Waals surface area contributed by atoms with E-state index >= 15 is 0 Å². The van der Waals surface area contributed by atoms with Gasteiger partial charge in [-0.05, 0) is 31.2 Å². The molecule has 0 N–H and O–H groups in total. The zero-order valence-corrected chi connectivity index (χ0v) is 13.8. The lowest BCUT2D eigenvalue weighted by atomic mass is 10.0. The van der Waals surface area contributed by atoms with Gasteiger partial charge in [0.2, 0.25) is 0 Å². The summed E-state index contributed by atoms with van der Waals surface area (Å²) in [5.41, 5.74) is 4.18. The van der Waals surface area contributed by atoms with Crippen molar-refractivity contribution < 1.29 is 0 Å². The summed E-state index contributed by atoms with van der Waals surface area (Å²) in [4.78, 5) is 4.58. The Morgan fingerprint density at radius 2 is 1.75 bits per heavy atom. The highest BCUT2D eigenvalue weighted by Crippen LogP contribution is 2.20. The lowest BCUT2D eigenvalue weighted by Crippen LogP contribution is -2.37. The van der Waals surface area contributed by atoms with Crippen LogP contribution in [0.3, 0.4) is 0 Å². The monoisotopic (exact) mass is 284 g/mol. The Balaban J connectivity index is 1.80. The minimum atomic E-state index is -1.18. The first kappa shape index (κ1) is 13.6. The lowest BCUT2D eigenvalue weighted by molar-refractivity contribution is 0.628. The summed E-state index contributed by atoms with van der Waals surface area (Å²) >= 11 is 0. The van der Waals surface area contributed by atoms with Crippen LogP contribution in [0.25, 0.3) is 0 Å². The molecule has 0 amide bonds. The fourth-order valence-corrected chi connectivity index (χ4v) is 4.14. The number of fused-ring (bicyclic) bond motifs is 1. The van der Waals surface area contributed by atoms with Crippen molar-refractivity contribution in [1.29, 1.82) is 0 Å². The molecular weight excluding hydrogens is 260 g/mol. The molecule has 106 valence electrons. The van der Waals surface area contributed by atoms with E-state index in [1.54, 1.807) is 0 Å². The highest BCUT2D eigenvalue weighted by atomic mass is 28.3. The van der Waals surface area contributed by atoms with E-state index in [9.17, 15) is 0 Å². The van der Waals surface area contributed by atoms with E-state index in [-0.39, 0.29) is 0 Å². The summed E-state index contributed by atoms with van der Waals surface area (Å²) in [5, 5.41) is 1.54. The molecule has 0 atom stereocenters. The Hall–Kier alpha value is -1.35. The van der Waals surface area contributed by atoms with Gasteiger partial charge in [0.05, 0.1) is 20.1 Å². The highest BCUT2D eigenvalue weighted by molar-refractivity contribution is 6.88. The SMILES string of the molecule is C[Si](C)(C)c1ccc(Cn2cnc3c2CCCC3)cc1. The third-order valence-electron chi connectivity index (χ3n) is 4.28. The maximum atomic E-state index is 4.58. The van der Waals surface area contributed by atoms with Crippen LogP contribution < -0.4 is 5.19 Å². The van der Waals surface area contributed by atoms with Crippen LogP contribution in [0.15, 0.2) is 30.6 Å². The molecule has 0 aliphatic heterocycles. The van der Waals surface area contributed by atoms with Gasteiger partial charge in [0.1, 0.15) is 0 Å². The molecular formula is C17H24N2Si. The minimum absolute atomic E-state index is 0.967. The molecule has 0 fully saturated rings. The molecule has 3 rings (SSSR count). The Morgan fingerprint density at radius 1 is 1.05 bits per heavy atom. The maximum absolute atomic E-state index is 4.58. The van der Waals surface area contributed by atoms with Gasteiger partial charge in [0.25, 0.3) is 0 Å². The second-order valence-corrected chi connectivity index (χ2v) is 12.0. The van der Waals surface area contributed by atoms with E-state index in [2.05, 4.69) is 53.5 Å². The van der Waals surface area contributed by atoms with Gasteiger partial charge in [-0.25, -0.2) is 4.98 Å². The van der Waals surface area contributed by atoms with Gasteiger partial charge >= 0.3 is 0 Å². The second kappa shape index (κ2) is 5.21. The topological polar surface area (TPSA) is 17.8 Å². The maximum Gasteiger partial charge on any atom is 0.0954 e. The van der Waals surface area contributed by atoms with E-state index in [1.807, 2.05) is 6.33 Å². The summed E-state index contributed by atoms with van der Waals surface area (Å²) in [7, 11) is -1.18. The number of hydrogen-bond acceptors (Lipinski definition) is 1. The molecule has 0 radical (unpaired) electrons. The first-order valence-electron chi connectivity index (χ1n) is 7.66.